The Morgan fingerprint density at radius 3 is 1.44 bits per heavy atom. The predicted molar refractivity (Wildman–Crippen MR) is 175 cm³/mol. The Morgan fingerprint density at radius 2 is 0.976 bits per heavy atom. The van der Waals surface area contributed by atoms with Crippen LogP contribution in [0.5, 0.6) is 0 Å². The summed E-state index contributed by atoms with van der Waals surface area (Å²) in [5, 5.41) is 7.58. The Kier molecular flexibility index (Phi) is 7.43. The van der Waals surface area contributed by atoms with Gasteiger partial charge >= 0.3 is 0 Å². The highest BCUT2D eigenvalue weighted by atomic mass is 15.6. The van der Waals surface area contributed by atoms with Crippen LogP contribution >= 0.6 is 0 Å². The van der Waals surface area contributed by atoms with E-state index in [9.17, 15) is 0 Å². The van der Waals surface area contributed by atoms with Crippen molar-refractivity contribution >= 4 is 17.2 Å². The summed E-state index contributed by atoms with van der Waals surface area (Å²) < 4.78 is 0. The van der Waals surface area contributed by atoms with Crippen molar-refractivity contribution in [1.29, 1.82) is 0 Å². The molecule has 3 heteroatoms. The Balaban J connectivity index is 1.53. The van der Waals surface area contributed by atoms with Crippen LogP contribution < -0.4 is 9.91 Å². The molecule has 0 atom stereocenters. The minimum atomic E-state index is 0.388. The summed E-state index contributed by atoms with van der Waals surface area (Å²) in [5.41, 5.74) is 10.9. The summed E-state index contributed by atoms with van der Waals surface area (Å²) in [6.45, 7) is 9.73. The first kappa shape index (κ1) is 26.6. The Labute approximate surface area is 244 Å². The molecule has 41 heavy (non-hydrogen) atoms. The fraction of sp³-hybridized carbons (Fsp3) is 0.184. The molecule has 0 aromatic heterocycles. The second kappa shape index (κ2) is 11.5. The third-order valence-corrected chi connectivity index (χ3v) is 7.82. The lowest BCUT2D eigenvalue weighted by atomic mass is 9.92. The molecule has 0 amide bonds. The van der Waals surface area contributed by atoms with Gasteiger partial charge in [0.2, 0.25) is 0 Å². The normalized spacial score (nSPS) is 13.3. The average molecular weight is 536 g/mol. The zero-order chi connectivity index (χ0) is 28.3. The van der Waals surface area contributed by atoms with Crippen LogP contribution in [-0.4, -0.2) is 12.5 Å². The minimum Gasteiger partial charge on any atom is -0.304 e. The van der Waals surface area contributed by atoms with Gasteiger partial charge in [-0.05, 0) is 63.4 Å². The molecule has 1 aliphatic heterocycles. The van der Waals surface area contributed by atoms with E-state index in [2.05, 4.69) is 165 Å². The van der Waals surface area contributed by atoms with E-state index in [-0.39, 0.29) is 0 Å². The van der Waals surface area contributed by atoms with Gasteiger partial charge in [0.1, 0.15) is 6.67 Å². The van der Waals surface area contributed by atoms with Crippen molar-refractivity contribution in [3.63, 3.8) is 0 Å². The van der Waals surface area contributed by atoms with Crippen LogP contribution in [0.2, 0.25) is 0 Å². The molecular formula is C38H37N3. The van der Waals surface area contributed by atoms with Gasteiger partial charge in [0, 0.05) is 11.3 Å². The van der Waals surface area contributed by atoms with E-state index in [1.807, 2.05) is 0 Å². The summed E-state index contributed by atoms with van der Waals surface area (Å²) in [7, 11) is 0. The SMILES string of the molecule is CC(C)c1cccc(C(C)C)c1N1CN(c2cc(-c3ccccc3)cc(-c3ccccc3)c2)C(c2ccccc2)=N1. The lowest BCUT2D eigenvalue weighted by Gasteiger charge is -2.27. The molecule has 1 aliphatic rings. The summed E-state index contributed by atoms with van der Waals surface area (Å²) >= 11 is 0. The van der Waals surface area contributed by atoms with Gasteiger partial charge in [0.15, 0.2) is 5.84 Å². The van der Waals surface area contributed by atoms with Crippen LogP contribution in [0.4, 0.5) is 11.4 Å². The lowest BCUT2D eigenvalue weighted by molar-refractivity contribution is 0.798. The first-order valence-electron chi connectivity index (χ1n) is 14.6. The van der Waals surface area contributed by atoms with Crippen LogP contribution in [0.15, 0.2) is 132 Å². The average Bonchev–Trinajstić information content (AvgIpc) is 3.47. The van der Waals surface area contributed by atoms with Crippen molar-refractivity contribution < 1.29 is 0 Å². The molecule has 0 fully saturated rings. The standard InChI is InChI=1S/C38H37N3/c1-27(2)35-21-14-22-36(28(3)4)37(35)41-26-40(38(39-41)31-19-12-7-13-20-31)34-24-32(29-15-8-5-9-16-29)23-33(25-34)30-17-10-6-11-18-30/h5-25,27-28H,26H2,1-4H3. The molecule has 0 radical (unpaired) electrons. The van der Waals surface area contributed by atoms with E-state index in [1.165, 1.54) is 39.1 Å². The number of amidine groups is 1. The highest BCUT2D eigenvalue weighted by molar-refractivity contribution is 6.12. The van der Waals surface area contributed by atoms with Crippen LogP contribution in [0.1, 0.15) is 56.2 Å². The summed E-state index contributed by atoms with van der Waals surface area (Å²) in [4.78, 5) is 2.37. The fourth-order valence-electron chi connectivity index (χ4n) is 5.70. The van der Waals surface area contributed by atoms with E-state index in [1.54, 1.807) is 0 Å². The topological polar surface area (TPSA) is 18.8 Å². The maximum absolute atomic E-state index is 5.35. The second-order valence-corrected chi connectivity index (χ2v) is 11.4. The van der Waals surface area contributed by atoms with Gasteiger partial charge in [-0.3, -0.25) is 0 Å². The highest BCUT2D eigenvalue weighted by Crippen LogP contribution is 2.39. The molecule has 3 nitrogen and oxygen atoms in total. The number of nitrogens with zero attached hydrogens (tertiary/aromatic N) is 3. The van der Waals surface area contributed by atoms with Crippen LogP contribution in [0.25, 0.3) is 22.3 Å². The largest absolute Gasteiger partial charge is 0.304 e. The molecule has 5 aromatic carbocycles. The molecule has 0 saturated carbocycles. The van der Waals surface area contributed by atoms with E-state index >= 15 is 0 Å². The van der Waals surface area contributed by atoms with Gasteiger partial charge < -0.3 is 4.90 Å². The predicted octanol–water partition coefficient (Wildman–Crippen LogP) is 9.91. The highest BCUT2D eigenvalue weighted by Gasteiger charge is 2.30. The molecule has 0 saturated heterocycles. The molecule has 0 spiro atoms. The van der Waals surface area contributed by atoms with Crippen molar-refractivity contribution in [2.45, 2.75) is 39.5 Å². The summed E-state index contributed by atoms with van der Waals surface area (Å²) in [6.07, 6.45) is 0. The number of rotatable bonds is 7. The Hall–Kier alpha value is -4.63. The molecule has 0 unspecified atom stereocenters. The lowest BCUT2D eigenvalue weighted by Crippen LogP contribution is -2.32. The first-order chi connectivity index (χ1) is 20.0. The second-order valence-electron chi connectivity index (χ2n) is 11.4. The molecule has 0 N–H and O–H groups in total. The van der Waals surface area contributed by atoms with Crippen molar-refractivity contribution in [3.05, 3.63) is 144 Å². The van der Waals surface area contributed by atoms with Crippen molar-refractivity contribution in [3.8, 4) is 22.3 Å². The van der Waals surface area contributed by atoms with Crippen molar-refractivity contribution in [2.75, 3.05) is 16.6 Å². The van der Waals surface area contributed by atoms with Crippen LogP contribution in [0.3, 0.4) is 0 Å². The van der Waals surface area contributed by atoms with Crippen molar-refractivity contribution in [2.24, 2.45) is 5.10 Å². The number of hydrogen-bond donors (Lipinski definition) is 0. The Morgan fingerprint density at radius 1 is 0.512 bits per heavy atom. The van der Waals surface area contributed by atoms with Gasteiger partial charge in [-0.1, -0.05) is 137 Å². The number of hydrogen-bond acceptors (Lipinski definition) is 3. The number of anilines is 2. The van der Waals surface area contributed by atoms with E-state index in [0.717, 1.165) is 17.1 Å². The monoisotopic (exact) mass is 535 g/mol. The fourth-order valence-corrected chi connectivity index (χ4v) is 5.70. The van der Waals surface area contributed by atoms with E-state index in [4.69, 9.17) is 5.10 Å². The molecule has 204 valence electrons. The number of hydrazone groups is 1. The van der Waals surface area contributed by atoms with Crippen molar-refractivity contribution in [1.82, 2.24) is 0 Å². The molecule has 0 aliphatic carbocycles. The zero-order valence-corrected chi connectivity index (χ0v) is 24.3. The van der Waals surface area contributed by atoms with E-state index in [0.29, 0.717) is 18.5 Å². The molecule has 1 heterocycles. The molecule has 6 rings (SSSR count). The van der Waals surface area contributed by atoms with Gasteiger partial charge in [-0.25, -0.2) is 5.01 Å². The number of benzene rings is 5. The molecule has 5 aromatic rings. The summed E-state index contributed by atoms with van der Waals surface area (Å²) in [6, 6.07) is 45.5. The smallest absolute Gasteiger partial charge is 0.162 e. The maximum Gasteiger partial charge on any atom is 0.162 e. The van der Waals surface area contributed by atoms with Gasteiger partial charge in [-0.2, -0.15) is 5.10 Å². The Bertz CT molecular complexity index is 1570. The molecule has 0 bridgehead atoms. The van der Waals surface area contributed by atoms with Gasteiger partial charge in [0.25, 0.3) is 0 Å². The summed E-state index contributed by atoms with van der Waals surface area (Å²) in [5.74, 6) is 1.74. The van der Waals surface area contributed by atoms with Crippen LogP contribution in [-0.2, 0) is 0 Å². The number of para-hydroxylation sites is 1. The zero-order valence-electron chi connectivity index (χ0n) is 24.3. The quantitative estimate of drug-likeness (QED) is 0.206. The molecular weight excluding hydrogens is 498 g/mol. The minimum absolute atomic E-state index is 0.388. The first-order valence-corrected chi connectivity index (χ1v) is 14.6. The van der Waals surface area contributed by atoms with Gasteiger partial charge in [0.05, 0.1) is 5.69 Å². The van der Waals surface area contributed by atoms with E-state index < -0.39 is 0 Å². The van der Waals surface area contributed by atoms with Gasteiger partial charge in [-0.15, -0.1) is 0 Å². The third kappa shape index (κ3) is 5.40. The maximum atomic E-state index is 5.35. The third-order valence-electron chi connectivity index (χ3n) is 7.82. The van der Waals surface area contributed by atoms with Crippen LogP contribution in [0, 0.1) is 0 Å².